The number of hydrogen-bond acceptors (Lipinski definition) is 6. The number of anilines is 1. The largest absolute Gasteiger partial charge is 0.404 e. The molecule has 0 aromatic carbocycles. The maximum Gasteiger partial charge on any atom is 0.309 e. The number of amides is 1. The van der Waals surface area contributed by atoms with E-state index < -0.39 is 5.97 Å². The molecule has 7 heteroatoms. The van der Waals surface area contributed by atoms with Crippen LogP contribution in [0.25, 0.3) is 0 Å². The monoisotopic (exact) mass is 292 g/mol. The first kappa shape index (κ1) is 15.2. The Morgan fingerprint density at radius 3 is 2.67 bits per heavy atom. The van der Waals surface area contributed by atoms with Crippen LogP contribution in [0, 0.1) is 0 Å². The van der Waals surface area contributed by atoms with Gasteiger partial charge in [-0.2, -0.15) is 0 Å². The normalized spacial score (nSPS) is 15.8. The molecule has 0 spiro atoms. The van der Waals surface area contributed by atoms with E-state index in [2.05, 4.69) is 9.97 Å². The van der Waals surface area contributed by atoms with E-state index in [1.165, 1.54) is 6.92 Å². The Bertz CT molecular complexity index is 539. The van der Waals surface area contributed by atoms with Gasteiger partial charge in [0.25, 0.3) is 5.88 Å². The zero-order valence-corrected chi connectivity index (χ0v) is 12.3. The van der Waals surface area contributed by atoms with Gasteiger partial charge in [-0.15, -0.1) is 0 Å². The fourth-order valence-electron chi connectivity index (χ4n) is 2.45. The molecular weight excluding hydrogens is 272 g/mol. The van der Waals surface area contributed by atoms with Crippen LogP contribution in [-0.2, 0) is 9.59 Å². The lowest BCUT2D eigenvalue weighted by molar-refractivity contribution is -0.133. The highest BCUT2D eigenvalue weighted by Crippen LogP contribution is 2.29. The number of carbonyl (C=O) groups is 2. The Hall–Kier alpha value is -2.18. The minimum Gasteiger partial charge on any atom is -0.404 e. The van der Waals surface area contributed by atoms with E-state index in [1.54, 1.807) is 6.20 Å². The predicted molar refractivity (Wildman–Crippen MR) is 76.6 cm³/mol. The number of nitrogens with two attached hydrogens (primary N) is 1. The smallest absolute Gasteiger partial charge is 0.309 e. The maximum absolute atomic E-state index is 11.7. The van der Waals surface area contributed by atoms with Crippen LogP contribution in [-0.4, -0.2) is 39.8 Å². The number of rotatable bonds is 3. The Labute approximate surface area is 123 Å². The summed E-state index contributed by atoms with van der Waals surface area (Å²) in [6.07, 6.45) is 3.79. The van der Waals surface area contributed by atoms with Gasteiger partial charge in [0.15, 0.2) is 5.82 Å². The number of hydrogen-bond donors (Lipinski definition) is 1. The number of aromatic nitrogens is 2. The van der Waals surface area contributed by atoms with Gasteiger partial charge in [-0.25, -0.2) is 9.97 Å². The molecule has 0 radical (unpaired) electrons. The lowest BCUT2D eigenvalue weighted by Gasteiger charge is -2.31. The van der Waals surface area contributed by atoms with Crippen LogP contribution in [0.5, 0.6) is 5.88 Å². The molecule has 1 aliphatic heterocycles. The highest BCUT2D eigenvalue weighted by molar-refractivity contribution is 5.75. The molecule has 0 bridgehead atoms. The van der Waals surface area contributed by atoms with Crippen molar-refractivity contribution in [3.05, 3.63) is 11.9 Å². The van der Waals surface area contributed by atoms with Crippen molar-refractivity contribution in [2.24, 2.45) is 0 Å². The fourth-order valence-corrected chi connectivity index (χ4v) is 2.45. The molecule has 2 heterocycles. The van der Waals surface area contributed by atoms with E-state index in [9.17, 15) is 9.59 Å². The van der Waals surface area contributed by atoms with Crippen LogP contribution in [0.2, 0.25) is 0 Å². The number of nitrogens with zero attached hydrogens (tertiary/aromatic N) is 3. The van der Waals surface area contributed by atoms with Crippen LogP contribution in [0.4, 0.5) is 5.82 Å². The molecule has 1 saturated heterocycles. The standard InChI is InChI=1S/C14H20N4O3/c1-3-12(20)18-6-4-10(5-7-18)11-8-16-13(15)14(17-11)21-9(2)19/h8,10H,3-7H2,1-2H3,(H2,15,16). The lowest BCUT2D eigenvalue weighted by atomic mass is 9.93. The molecule has 2 N–H and O–H groups in total. The van der Waals surface area contributed by atoms with Crippen molar-refractivity contribution < 1.29 is 14.3 Å². The summed E-state index contributed by atoms with van der Waals surface area (Å²) in [5.74, 6) is 0.0712. The van der Waals surface area contributed by atoms with Crippen LogP contribution >= 0.6 is 0 Å². The summed E-state index contributed by atoms with van der Waals surface area (Å²) >= 11 is 0. The minimum atomic E-state index is -0.475. The van der Waals surface area contributed by atoms with Crippen LogP contribution in [0.15, 0.2) is 6.20 Å². The number of esters is 1. The molecule has 2 rings (SSSR count). The topological polar surface area (TPSA) is 98.4 Å². The molecule has 0 saturated carbocycles. The van der Waals surface area contributed by atoms with Gasteiger partial charge in [0.05, 0.1) is 11.9 Å². The number of carbonyl (C=O) groups excluding carboxylic acids is 2. The van der Waals surface area contributed by atoms with E-state index in [0.29, 0.717) is 19.5 Å². The van der Waals surface area contributed by atoms with Crippen molar-refractivity contribution in [1.82, 2.24) is 14.9 Å². The predicted octanol–water partition coefficient (Wildman–Crippen LogP) is 1.10. The van der Waals surface area contributed by atoms with Crippen molar-refractivity contribution in [1.29, 1.82) is 0 Å². The lowest BCUT2D eigenvalue weighted by Crippen LogP contribution is -2.37. The second-order valence-electron chi connectivity index (χ2n) is 5.09. The van der Waals surface area contributed by atoms with Gasteiger partial charge in [0.1, 0.15) is 0 Å². The van der Waals surface area contributed by atoms with Crippen LogP contribution in [0.3, 0.4) is 0 Å². The molecule has 1 fully saturated rings. The first-order valence-corrected chi connectivity index (χ1v) is 7.09. The van der Waals surface area contributed by atoms with Gasteiger partial charge in [-0.3, -0.25) is 9.59 Å². The minimum absolute atomic E-state index is 0.0621. The van der Waals surface area contributed by atoms with Crippen LogP contribution < -0.4 is 10.5 Å². The maximum atomic E-state index is 11.7. The molecule has 114 valence electrons. The third kappa shape index (κ3) is 3.68. The van der Waals surface area contributed by atoms with E-state index >= 15 is 0 Å². The average molecular weight is 292 g/mol. The molecule has 1 aromatic rings. The summed E-state index contributed by atoms with van der Waals surface area (Å²) in [5, 5.41) is 0. The van der Waals surface area contributed by atoms with Gasteiger partial charge in [-0.05, 0) is 12.8 Å². The van der Waals surface area contributed by atoms with Crippen molar-refractivity contribution >= 4 is 17.7 Å². The summed E-state index contributed by atoms with van der Waals surface area (Å²) in [4.78, 5) is 32.9. The third-order valence-corrected chi connectivity index (χ3v) is 3.59. The molecule has 1 aliphatic rings. The Morgan fingerprint density at radius 1 is 1.43 bits per heavy atom. The third-order valence-electron chi connectivity index (χ3n) is 3.59. The molecule has 1 aromatic heterocycles. The van der Waals surface area contributed by atoms with E-state index in [4.69, 9.17) is 10.5 Å². The van der Waals surface area contributed by atoms with E-state index in [-0.39, 0.29) is 23.5 Å². The number of nitrogen functional groups attached to an aromatic ring is 1. The van der Waals surface area contributed by atoms with Crippen molar-refractivity contribution in [2.75, 3.05) is 18.8 Å². The molecule has 0 aliphatic carbocycles. The number of piperidine rings is 1. The van der Waals surface area contributed by atoms with E-state index in [1.807, 2.05) is 11.8 Å². The number of likely N-dealkylation sites (tertiary alicyclic amines) is 1. The SMILES string of the molecule is CCC(=O)N1CCC(c2cnc(N)c(OC(C)=O)n2)CC1. The highest BCUT2D eigenvalue weighted by Gasteiger charge is 2.25. The Balaban J connectivity index is 2.06. The van der Waals surface area contributed by atoms with Gasteiger partial charge in [0, 0.05) is 32.4 Å². The van der Waals surface area contributed by atoms with Gasteiger partial charge < -0.3 is 15.4 Å². The first-order chi connectivity index (χ1) is 10.0. The zero-order valence-electron chi connectivity index (χ0n) is 12.3. The highest BCUT2D eigenvalue weighted by atomic mass is 16.5. The molecular formula is C14H20N4O3. The second-order valence-corrected chi connectivity index (χ2v) is 5.09. The van der Waals surface area contributed by atoms with Crippen molar-refractivity contribution in [2.45, 2.75) is 39.0 Å². The van der Waals surface area contributed by atoms with Crippen molar-refractivity contribution in [3.63, 3.8) is 0 Å². The second kappa shape index (κ2) is 6.51. The quantitative estimate of drug-likeness (QED) is 0.838. The summed E-state index contributed by atoms with van der Waals surface area (Å²) in [6, 6.07) is 0. The van der Waals surface area contributed by atoms with Gasteiger partial charge in [0.2, 0.25) is 5.91 Å². The Morgan fingerprint density at radius 2 is 2.10 bits per heavy atom. The molecule has 0 atom stereocenters. The van der Waals surface area contributed by atoms with E-state index in [0.717, 1.165) is 18.5 Å². The number of ether oxygens (including phenoxy) is 1. The average Bonchev–Trinajstić information content (AvgIpc) is 2.48. The summed E-state index contributed by atoms with van der Waals surface area (Å²) in [5.41, 5.74) is 6.40. The van der Waals surface area contributed by atoms with Crippen LogP contribution in [0.1, 0.15) is 44.7 Å². The summed E-state index contributed by atoms with van der Waals surface area (Å²) in [7, 11) is 0. The zero-order chi connectivity index (χ0) is 15.4. The summed E-state index contributed by atoms with van der Waals surface area (Å²) in [6.45, 7) is 4.59. The molecule has 21 heavy (non-hydrogen) atoms. The Kier molecular flexibility index (Phi) is 4.72. The molecule has 0 unspecified atom stereocenters. The van der Waals surface area contributed by atoms with Gasteiger partial charge >= 0.3 is 5.97 Å². The molecule has 7 nitrogen and oxygen atoms in total. The summed E-state index contributed by atoms with van der Waals surface area (Å²) < 4.78 is 4.95. The van der Waals surface area contributed by atoms with Crippen molar-refractivity contribution in [3.8, 4) is 5.88 Å². The first-order valence-electron chi connectivity index (χ1n) is 7.09. The van der Waals surface area contributed by atoms with Gasteiger partial charge in [-0.1, -0.05) is 6.92 Å². The fraction of sp³-hybridized carbons (Fsp3) is 0.571. The molecule has 1 amide bonds.